The number of hydrogen-bond acceptors (Lipinski definition) is 9. The van der Waals surface area contributed by atoms with Crippen LogP contribution in [0.2, 0.25) is 0 Å². The molecule has 0 saturated carbocycles. The van der Waals surface area contributed by atoms with Gasteiger partial charge in [0.15, 0.2) is 0 Å². The standard InChI is InChI=1S/C37H41F8N3O4.C35H37F8N3O4/c1-6-52-32(50)18-29(25-15-24(16-27(34(25)39)37(43,44)45)33-21(4)8-9-28(38)22(33)5)46-35(51)30(14-20(2)3)48-19-23(10-13-47-11-7-12-47)26(17-31(48)49)36(40,41)42;1-18(2)12-28(46-17-21(8-11-45-9-5-10-45)24(15-29(46)47)34(38,39)40)33(50)44-27(16-30(48)49)23-13-22(14-25(32(23)37)35(41,42)43)31-19(3)6-7-26(36)20(31)4/h8-9,15-17,19-20,29-30H,6-7,10-14,18H2,1-5H3,(H,46,51);6-7,13-15,17-18,27-28H,5,8-12,16H2,1-4H3,(H,44,50)(H,48,49)/t29-,30?;27-,28?/m00/s1. The average molecular weight is 1460 g/mol. The van der Waals surface area contributed by atoms with Crippen molar-refractivity contribution < 1.29 is 99.3 Å². The van der Waals surface area contributed by atoms with Gasteiger partial charge in [-0.1, -0.05) is 39.8 Å². The number of carboxylic acids is 1. The number of carbonyl (C=O) groups excluding carboxylic acids is 3. The number of hydrogen-bond donors (Lipinski definition) is 3. The highest BCUT2D eigenvalue weighted by molar-refractivity contribution is 5.83. The molecule has 4 heterocycles. The minimum absolute atomic E-state index is 0.00287. The number of alkyl halides is 12. The molecule has 8 rings (SSSR count). The summed E-state index contributed by atoms with van der Waals surface area (Å²) >= 11 is 0. The zero-order chi connectivity index (χ0) is 76.0. The molecular formula is C72H78F16N6O8. The molecule has 0 aliphatic carbocycles. The summed E-state index contributed by atoms with van der Waals surface area (Å²) in [5.74, 6) is -10.7. The van der Waals surface area contributed by atoms with Crippen molar-refractivity contribution in [3.8, 4) is 22.3 Å². The maximum absolute atomic E-state index is 16.0. The van der Waals surface area contributed by atoms with Crippen LogP contribution in [-0.2, 0) is 61.5 Å². The van der Waals surface area contributed by atoms with E-state index in [0.29, 0.717) is 61.6 Å². The highest BCUT2D eigenvalue weighted by Crippen LogP contribution is 2.44. The number of halogens is 16. The lowest BCUT2D eigenvalue weighted by molar-refractivity contribution is -0.144. The first-order valence-corrected chi connectivity index (χ1v) is 32.8. The number of aromatic nitrogens is 2. The van der Waals surface area contributed by atoms with Gasteiger partial charge in [0, 0.05) is 48.7 Å². The van der Waals surface area contributed by atoms with Gasteiger partial charge in [0.1, 0.15) is 35.4 Å². The number of nitrogens with one attached hydrogen (secondary N) is 2. The van der Waals surface area contributed by atoms with Gasteiger partial charge in [-0.2, -0.15) is 52.7 Å². The Labute approximate surface area is 577 Å². The maximum Gasteiger partial charge on any atom is 0.419 e. The first kappa shape index (κ1) is 80.8. The fourth-order valence-corrected chi connectivity index (χ4v) is 12.6. The molecule has 556 valence electrons. The van der Waals surface area contributed by atoms with E-state index in [0.717, 1.165) is 58.6 Å². The molecule has 3 N–H and O–H groups in total. The van der Waals surface area contributed by atoms with Crippen molar-refractivity contribution in [2.45, 2.75) is 163 Å². The number of carbonyl (C=O) groups is 4. The molecular weight excluding hydrogens is 1380 g/mol. The van der Waals surface area contributed by atoms with Gasteiger partial charge >= 0.3 is 36.6 Å². The Morgan fingerprint density at radius 3 is 1.18 bits per heavy atom. The summed E-state index contributed by atoms with van der Waals surface area (Å²) in [6.07, 6.45) is -19.1. The van der Waals surface area contributed by atoms with E-state index in [4.69, 9.17) is 4.74 Å². The first-order chi connectivity index (χ1) is 47.4. The Kier molecular flexibility index (Phi) is 26.0. The van der Waals surface area contributed by atoms with Crippen molar-refractivity contribution in [1.82, 2.24) is 29.6 Å². The minimum atomic E-state index is -5.29. The van der Waals surface area contributed by atoms with Crippen LogP contribution < -0.4 is 21.8 Å². The monoisotopic (exact) mass is 1460 g/mol. The Balaban J connectivity index is 0.000000286. The van der Waals surface area contributed by atoms with E-state index < -0.39 is 153 Å². The van der Waals surface area contributed by atoms with E-state index >= 15 is 8.78 Å². The molecule has 102 heavy (non-hydrogen) atoms. The van der Waals surface area contributed by atoms with Gasteiger partial charge in [0.25, 0.3) is 11.1 Å². The fraction of sp³-hybridized carbons (Fsp3) is 0.472. The summed E-state index contributed by atoms with van der Waals surface area (Å²) in [5.41, 5.74) is -10.2. The van der Waals surface area contributed by atoms with Crippen LogP contribution in [0.3, 0.4) is 0 Å². The van der Waals surface area contributed by atoms with Crippen molar-refractivity contribution in [3.63, 3.8) is 0 Å². The number of esters is 1. The van der Waals surface area contributed by atoms with Gasteiger partial charge < -0.3 is 39.4 Å². The SMILES string of the molecule is CCOC(=O)C[C@H](NC(=O)C(CC(C)C)n1cc(CCN2CCC2)c(C(F)(F)F)cc1=O)c1cc(-c2c(C)ccc(F)c2C)cc(C(F)(F)F)c1F.Cc1ccc(F)c(C)c1-c1cc([C@H](CC(=O)O)NC(=O)C(CC(C)C)n2cc(CCN3CCC3)c(C(F)(F)F)cc2=O)c(F)c(C(F)(F)F)c1. The van der Waals surface area contributed by atoms with Crippen molar-refractivity contribution in [3.05, 3.63) is 184 Å². The number of amides is 2. The van der Waals surface area contributed by atoms with Crippen LogP contribution in [0.1, 0.15) is 164 Å². The molecule has 6 aromatic rings. The second kappa shape index (κ2) is 32.8. The molecule has 4 aromatic carbocycles. The Morgan fingerprint density at radius 2 is 0.873 bits per heavy atom. The topological polar surface area (TPSA) is 172 Å². The third-order valence-electron chi connectivity index (χ3n) is 17.9. The number of carboxylic acid groups (broad SMARTS) is 1. The number of aryl methyl sites for hydroxylation is 2. The Morgan fingerprint density at radius 1 is 0.520 bits per heavy atom. The van der Waals surface area contributed by atoms with E-state index in [-0.39, 0.29) is 102 Å². The van der Waals surface area contributed by atoms with E-state index in [1.165, 1.54) is 46.8 Å². The fourth-order valence-electron chi connectivity index (χ4n) is 12.6. The Hall–Kier alpha value is -8.54. The predicted octanol–water partition coefficient (Wildman–Crippen LogP) is 15.7. The van der Waals surface area contributed by atoms with Crippen molar-refractivity contribution in [2.24, 2.45) is 11.8 Å². The molecule has 2 aromatic heterocycles. The zero-order valence-corrected chi connectivity index (χ0v) is 57.1. The number of aliphatic carboxylic acids is 1. The molecule has 0 radical (unpaired) electrons. The second-order valence-electron chi connectivity index (χ2n) is 26.4. The third-order valence-corrected chi connectivity index (χ3v) is 17.9. The number of rotatable bonds is 25. The van der Waals surface area contributed by atoms with Crippen LogP contribution in [0, 0.1) is 62.8 Å². The average Bonchev–Trinajstić information content (AvgIpc) is 0.778. The lowest BCUT2D eigenvalue weighted by Crippen LogP contribution is -2.41. The summed E-state index contributed by atoms with van der Waals surface area (Å²) in [4.78, 5) is 83.1. The van der Waals surface area contributed by atoms with Gasteiger partial charge in [-0.15, -0.1) is 0 Å². The van der Waals surface area contributed by atoms with E-state index in [1.807, 2.05) is 9.80 Å². The number of benzene rings is 4. The van der Waals surface area contributed by atoms with Crippen LogP contribution >= 0.6 is 0 Å². The molecule has 2 unspecified atom stereocenters. The largest absolute Gasteiger partial charge is 0.481 e. The summed E-state index contributed by atoms with van der Waals surface area (Å²) in [7, 11) is 0. The lowest BCUT2D eigenvalue weighted by atomic mass is 9.89. The van der Waals surface area contributed by atoms with Gasteiger partial charge in [-0.05, 0) is 203 Å². The number of pyridine rings is 2. The second-order valence-corrected chi connectivity index (χ2v) is 26.4. The van der Waals surface area contributed by atoms with Gasteiger partial charge in [-0.3, -0.25) is 28.8 Å². The predicted molar refractivity (Wildman–Crippen MR) is 346 cm³/mol. The molecule has 2 aliphatic rings. The molecule has 2 aliphatic heterocycles. The van der Waals surface area contributed by atoms with Crippen molar-refractivity contribution >= 4 is 23.8 Å². The zero-order valence-electron chi connectivity index (χ0n) is 57.1. The Bertz CT molecular complexity index is 4190. The third kappa shape index (κ3) is 19.8. The highest BCUT2D eigenvalue weighted by Gasteiger charge is 2.43. The summed E-state index contributed by atoms with van der Waals surface area (Å²) in [5, 5.41) is 14.4. The number of ether oxygens (including phenoxy) is 1. The normalized spacial score (nSPS) is 15.0. The molecule has 2 saturated heterocycles. The molecule has 4 atom stereocenters. The smallest absolute Gasteiger partial charge is 0.419 e. The molecule has 2 fully saturated rings. The number of nitrogens with zero attached hydrogens (tertiary/aromatic N) is 4. The molecule has 0 bridgehead atoms. The number of likely N-dealkylation sites (tertiary alicyclic amines) is 2. The maximum atomic E-state index is 16.0. The molecule has 30 heteroatoms. The van der Waals surface area contributed by atoms with E-state index in [2.05, 4.69) is 10.6 Å². The van der Waals surface area contributed by atoms with Crippen molar-refractivity contribution in [2.75, 3.05) is 45.9 Å². The minimum Gasteiger partial charge on any atom is -0.481 e. The van der Waals surface area contributed by atoms with Crippen LogP contribution in [0.15, 0.2) is 82.6 Å². The summed E-state index contributed by atoms with van der Waals surface area (Å²) < 4.78 is 237. The first-order valence-electron chi connectivity index (χ1n) is 32.8. The van der Waals surface area contributed by atoms with E-state index in [1.54, 1.807) is 27.7 Å². The van der Waals surface area contributed by atoms with Gasteiger partial charge in [-0.25, -0.2) is 17.6 Å². The van der Waals surface area contributed by atoms with Gasteiger partial charge in [0.2, 0.25) is 11.8 Å². The quantitative estimate of drug-likeness (QED) is 0.0370. The van der Waals surface area contributed by atoms with Crippen LogP contribution in [0.4, 0.5) is 70.2 Å². The van der Waals surface area contributed by atoms with Crippen LogP contribution in [0.5, 0.6) is 0 Å². The molecule has 14 nitrogen and oxygen atoms in total. The summed E-state index contributed by atoms with van der Waals surface area (Å²) in [6.45, 7) is 16.9. The van der Waals surface area contributed by atoms with Gasteiger partial charge in [0.05, 0.1) is 53.8 Å². The molecule has 0 spiro atoms. The van der Waals surface area contributed by atoms with Crippen LogP contribution in [0.25, 0.3) is 22.3 Å². The molecule has 2 amide bonds. The lowest BCUT2D eigenvalue weighted by Gasteiger charge is -2.31. The van der Waals surface area contributed by atoms with E-state index in [9.17, 15) is 95.3 Å². The highest BCUT2D eigenvalue weighted by atomic mass is 19.4. The summed E-state index contributed by atoms with van der Waals surface area (Å²) in [6, 6.07) is 1.72. The van der Waals surface area contributed by atoms with Crippen LogP contribution in [-0.4, -0.2) is 93.7 Å². The van der Waals surface area contributed by atoms with Crippen molar-refractivity contribution in [1.29, 1.82) is 0 Å².